The number of fused-ring (bicyclic) bond motifs is 1. The molecule has 0 spiro atoms. The highest BCUT2D eigenvalue weighted by Crippen LogP contribution is 2.16. The molecule has 4 rings (SSSR count). The van der Waals surface area contributed by atoms with E-state index in [0.29, 0.717) is 12.2 Å². The molecule has 0 radical (unpaired) electrons. The fourth-order valence-electron chi connectivity index (χ4n) is 3.97. The molecular weight excluding hydrogens is 376 g/mol. The monoisotopic (exact) mass is 406 g/mol. The second-order valence-corrected chi connectivity index (χ2v) is 8.11. The number of aryl methyl sites for hydroxylation is 1. The summed E-state index contributed by atoms with van der Waals surface area (Å²) in [6, 6.07) is 11.6. The Morgan fingerprint density at radius 2 is 1.90 bits per heavy atom. The lowest BCUT2D eigenvalue weighted by Crippen LogP contribution is -2.44. The third kappa shape index (κ3) is 5.00. The van der Waals surface area contributed by atoms with E-state index in [1.807, 2.05) is 53.2 Å². The number of carbonyl (C=O) groups excluding carboxylic acids is 1. The average Bonchev–Trinajstić information content (AvgIpc) is 3.16. The minimum absolute atomic E-state index is 0.00814. The van der Waals surface area contributed by atoms with Gasteiger partial charge in [0.2, 0.25) is 0 Å². The van der Waals surface area contributed by atoms with Crippen molar-refractivity contribution in [2.75, 3.05) is 19.6 Å². The van der Waals surface area contributed by atoms with Crippen LogP contribution in [0.25, 0.3) is 5.65 Å². The molecule has 1 N–H and O–H groups in total. The van der Waals surface area contributed by atoms with Crippen LogP contribution in [0.3, 0.4) is 0 Å². The van der Waals surface area contributed by atoms with Gasteiger partial charge >= 0.3 is 0 Å². The summed E-state index contributed by atoms with van der Waals surface area (Å²) >= 11 is 0. The minimum atomic E-state index is -0.00814. The van der Waals surface area contributed by atoms with E-state index in [1.165, 1.54) is 12.0 Å². The summed E-state index contributed by atoms with van der Waals surface area (Å²) in [4.78, 5) is 19.6. The SMILES string of the molecule is CCCN1CCC(NC(=O)c2ccc(OCc3cn4cc(C)ccc4n3)cc2)CC1. The zero-order valence-corrected chi connectivity index (χ0v) is 17.8. The van der Waals surface area contributed by atoms with Crippen LogP contribution < -0.4 is 10.1 Å². The third-order valence-corrected chi connectivity index (χ3v) is 5.61. The molecule has 1 aliphatic rings. The van der Waals surface area contributed by atoms with Gasteiger partial charge in [-0.25, -0.2) is 4.98 Å². The molecule has 0 aliphatic carbocycles. The largest absolute Gasteiger partial charge is 0.487 e. The first-order valence-electron chi connectivity index (χ1n) is 10.8. The predicted octanol–water partition coefficient (Wildman–Crippen LogP) is 3.83. The minimum Gasteiger partial charge on any atom is -0.487 e. The Morgan fingerprint density at radius 1 is 1.13 bits per heavy atom. The topological polar surface area (TPSA) is 58.9 Å². The van der Waals surface area contributed by atoms with Gasteiger partial charge in [0, 0.05) is 37.1 Å². The summed E-state index contributed by atoms with van der Waals surface area (Å²) in [5.41, 5.74) is 3.64. The van der Waals surface area contributed by atoms with Gasteiger partial charge in [0.25, 0.3) is 5.91 Å². The van der Waals surface area contributed by atoms with Crippen LogP contribution in [0.1, 0.15) is 47.8 Å². The van der Waals surface area contributed by atoms with Crippen molar-refractivity contribution >= 4 is 11.6 Å². The number of likely N-dealkylation sites (tertiary alicyclic amines) is 1. The highest BCUT2D eigenvalue weighted by atomic mass is 16.5. The molecule has 0 atom stereocenters. The summed E-state index contributed by atoms with van der Waals surface area (Å²) < 4.78 is 7.87. The van der Waals surface area contributed by atoms with E-state index in [2.05, 4.69) is 29.0 Å². The molecule has 6 nitrogen and oxygen atoms in total. The van der Waals surface area contributed by atoms with Gasteiger partial charge in [0.05, 0.1) is 5.69 Å². The van der Waals surface area contributed by atoms with Crippen LogP contribution in [-0.4, -0.2) is 45.9 Å². The maximum atomic E-state index is 12.6. The van der Waals surface area contributed by atoms with Crippen LogP contribution in [0.4, 0.5) is 0 Å². The number of ether oxygens (including phenoxy) is 1. The molecule has 0 saturated carbocycles. The lowest BCUT2D eigenvalue weighted by molar-refractivity contribution is 0.0911. The lowest BCUT2D eigenvalue weighted by Gasteiger charge is -2.32. The van der Waals surface area contributed by atoms with E-state index < -0.39 is 0 Å². The predicted molar refractivity (Wildman–Crippen MR) is 118 cm³/mol. The first-order chi connectivity index (χ1) is 14.6. The Hall–Kier alpha value is -2.86. The summed E-state index contributed by atoms with van der Waals surface area (Å²) in [7, 11) is 0. The molecule has 1 saturated heterocycles. The highest BCUT2D eigenvalue weighted by Gasteiger charge is 2.20. The van der Waals surface area contributed by atoms with Gasteiger partial charge in [-0.3, -0.25) is 4.79 Å². The van der Waals surface area contributed by atoms with Crippen molar-refractivity contribution in [2.24, 2.45) is 0 Å². The molecule has 30 heavy (non-hydrogen) atoms. The van der Waals surface area contributed by atoms with E-state index in [4.69, 9.17) is 4.74 Å². The Labute approximate surface area is 177 Å². The molecule has 1 aliphatic heterocycles. The fraction of sp³-hybridized carbons (Fsp3) is 0.417. The number of aromatic nitrogens is 2. The molecule has 1 aromatic carbocycles. The van der Waals surface area contributed by atoms with Crippen LogP contribution in [0, 0.1) is 6.92 Å². The van der Waals surface area contributed by atoms with Crippen molar-refractivity contribution < 1.29 is 9.53 Å². The molecule has 1 fully saturated rings. The van der Waals surface area contributed by atoms with Crippen molar-refractivity contribution in [3.8, 4) is 5.75 Å². The molecule has 6 heteroatoms. The van der Waals surface area contributed by atoms with Gasteiger partial charge in [0.15, 0.2) is 0 Å². The standard InChI is InChI=1S/C24H30N4O2/c1-3-12-27-13-10-20(11-14-27)26-24(29)19-5-7-22(8-6-19)30-17-21-16-28-15-18(2)4-9-23(28)25-21/h4-9,15-16,20H,3,10-14,17H2,1-2H3,(H,26,29). The number of piperidine rings is 1. The quantitative estimate of drug-likeness (QED) is 0.648. The van der Waals surface area contributed by atoms with Gasteiger partial charge < -0.3 is 19.4 Å². The number of nitrogens with zero attached hydrogens (tertiary/aromatic N) is 3. The van der Waals surface area contributed by atoms with Gasteiger partial charge in [-0.1, -0.05) is 13.0 Å². The number of pyridine rings is 1. The number of amides is 1. The molecule has 0 unspecified atom stereocenters. The lowest BCUT2D eigenvalue weighted by atomic mass is 10.0. The number of imidazole rings is 1. The number of rotatable bonds is 7. The van der Waals surface area contributed by atoms with Crippen molar-refractivity contribution in [3.63, 3.8) is 0 Å². The molecule has 158 valence electrons. The number of hydrogen-bond donors (Lipinski definition) is 1. The van der Waals surface area contributed by atoms with Crippen molar-refractivity contribution in [3.05, 3.63) is 65.6 Å². The number of benzene rings is 1. The van der Waals surface area contributed by atoms with Gasteiger partial charge in [-0.15, -0.1) is 0 Å². The molecule has 1 amide bonds. The van der Waals surface area contributed by atoms with E-state index in [-0.39, 0.29) is 11.9 Å². The maximum Gasteiger partial charge on any atom is 0.251 e. The normalized spacial score (nSPS) is 15.4. The molecule has 2 aromatic heterocycles. The second-order valence-electron chi connectivity index (χ2n) is 8.11. The Morgan fingerprint density at radius 3 is 2.63 bits per heavy atom. The van der Waals surface area contributed by atoms with Crippen LogP contribution in [0.2, 0.25) is 0 Å². The Balaban J connectivity index is 1.28. The number of carbonyl (C=O) groups is 1. The summed E-state index contributed by atoms with van der Waals surface area (Å²) in [6.07, 6.45) is 7.25. The van der Waals surface area contributed by atoms with E-state index in [9.17, 15) is 4.79 Å². The van der Waals surface area contributed by atoms with Gasteiger partial charge in [-0.05, 0) is 68.6 Å². The number of hydrogen-bond acceptors (Lipinski definition) is 4. The van der Waals surface area contributed by atoms with Crippen LogP contribution >= 0.6 is 0 Å². The fourth-order valence-corrected chi connectivity index (χ4v) is 3.97. The van der Waals surface area contributed by atoms with E-state index in [1.54, 1.807) is 0 Å². The molecule has 3 heterocycles. The van der Waals surface area contributed by atoms with Crippen molar-refractivity contribution in [2.45, 2.75) is 45.8 Å². The van der Waals surface area contributed by atoms with Crippen LogP contribution in [0.5, 0.6) is 5.75 Å². The molecule has 0 bridgehead atoms. The first-order valence-corrected chi connectivity index (χ1v) is 10.8. The number of nitrogens with one attached hydrogen (secondary N) is 1. The zero-order chi connectivity index (χ0) is 20.9. The van der Waals surface area contributed by atoms with Crippen molar-refractivity contribution in [1.29, 1.82) is 0 Å². The smallest absolute Gasteiger partial charge is 0.251 e. The summed E-state index contributed by atoms with van der Waals surface area (Å²) in [5.74, 6) is 0.721. The van der Waals surface area contributed by atoms with Crippen molar-refractivity contribution in [1.82, 2.24) is 19.6 Å². The Bertz CT molecular complexity index is 988. The Kier molecular flexibility index (Phi) is 6.33. The van der Waals surface area contributed by atoms with E-state index >= 15 is 0 Å². The highest BCUT2D eigenvalue weighted by molar-refractivity contribution is 5.94. The first kappa shape index (κ1) is 20.4. The van der Waals surface area contributed by atoms with Gasteiger partial charge in [-0.2, -0.15) is 0 Å². The van der Waals surface area contributed by atoms with Crippen LogP contribution in [-0.2, 0) is 6.61 Å². The third-order valence-electron chi connectivity index (χ3n) is 5.61. The molecular formula is C24H30N4O2. The summed E-state index contributed by atoms with van der Waals surface area (Å²) in [6.45, 7) is 7.93. The van der Waals surface area contributed by atoms with Gasteiger partial charge in [0.1, 0.15) is 18.0 Å². The van der Waals surface area contributed by atoms with Crippen LogP contribution in [0.15, 0.2) is 48.8 Å². The summed E-state index contributed by atoms with van der Waals surface area (Å²) in [5, 5.41) is 3.18. The van der Waals surface area contributed by atoms with E-state index in [0.717, 1.165) is 49.6 Å². The zero-order valence-electron chi connectivity index (χ0n) is 17.8. The molecule has 3 aromatic rings. The maximum absolute atomic E-state index is 12.6. The average molecular weight is 407 g/mol. The second kappa shape index (κ2) is 9.30.